The smallest absolute Gasteiger partial charge is 0.237 e. The molecule has 1 amide bonds. The molecule has 0 spiro atoms. The molecule has 2 aromatic rings. The Morgan fingerprint density at radius 1 is 1.15 bits per heavy atom. The van der Waals surface area contributed by atoms with E-state index in [0.29, 0.717) is 55.9 Å². The lowest BCUT2D eigenvalue weighted by atomic mass is 9.72. The Balaban J connectivity index is 1.31. The second-order valence-electron chi connectivity index (χ2n) is 9.28. The summed E-state index contributed by atoms with van der Waals surface area (Å²) in [5.74, 6) is -0.308. The first kappa shape index (κ1) is 22.4. The number of aromatic nitrogens is 2. The minimum Gasteiger partial charge on any atom is -0.340 e. The Labute approximate surface area is 191 Å². The lowest BCUT2D eigenvalue weighted by Gasteiger charge is -2.42. The van der Waals surface area contributed by atoms with Crippen LogP contribution in [0.15, 0.2) is 36.7 Å². The summed E-state index contributed by atoms with van der Waals surface area (Å²) >= 11 is 0. The van der Waals surface area contributed by atoms with Crippen LogP contribution < -0.4 is 21.1 Å². The molecule has 0 bridgehead atoms. The SMILES string of the molecule is O=C1NNC(Cc2ccc(F)c(P3(=O)CCN(c4ncccn4)CC3)c2)C2CCC(F)CC12. The molecule has 1 aromatic carbocycles. The van der Waals surface area contributed by atoms with Gasteiger partial charge in [-0.2, -0.15) is 0 Å². The quantitative estimate of drug-likeness (QED) is 0.661. The predicted molar refractivity (Wildman–Crippen MR) is 122 cm³/mol. The van der Waals surface area contributed by atoms with E-state index in [1.165, 1.54) is 6.07 Å². The van der Waals surface area contributed by atoms with Crippen LogP contribution in [0, 0.1) is 17.7 Å². The normalized spacial score (nSPS) is 29.3. The van der Waals surface area contributed by atoms with Gasteiger partial charge in [0.15, 0.2) is 0 Å². The van der Waals surface area contributed by atoms with Crippen molar-refractivity contribution in [3.63, 3.8) is 0 Å². The summed E-state index contributed by atoms with van der Waals surface area (Å²) in [6, 6.07) is 6.52. The van der Waals surface area contributed by atoms with Crippen molar-refractivity contribution < 1.29 is 18.1 Å². The molecule has 2 aliphatic heterocycles. The number of nitrogens with one attached hydrogen (secondary N) is 2. The fraction of sp³-hybridized carbons (Fsp3) is 0.522. The van der Waals surface area contributed by atoms with Crippen molar-refractivity contribution in [3.05, 3.63) is 48.0 Å². The zero-order valence-electron chi connectivity index (χ0n) is 18.3. The number of halogens is 2. The molecule has 3 heterocycles. The summed E-state index contributed by atoms with van der Waals surface area (Å²) in [6.45, 7) is 1.02. The Hall–Kier alpha value is -2.38. The highest BCUT2D eigenvalue weighted by atomic mass is 31.2. The van der Waals surface area contributed by atoms with Gasteiger partial charge in [0.2, 0.25) is 11.9 Å². The molecule has 1 aromatic heterocycles. The van der Waals surface area contributed by atoms with Gasteiger partial charge in [0.05, 0.1) is 0 Å². The predicted octanol–water partition coefficient (Wildman–Crippen LogP) is 2.42. The molecule has 2 saturated heterocycles. The molecule has 7 nitrogen and oxygen atoms in total. The fourth-order valence-electron chi connectivity index (χ4n) is 5.43. The highest BCUT2D eigenvalue weighted by Gasteiger charge is 2.43. The summed E-state index contributed by atoms with van der Waals surface area (Å²) < 4.78 is 42.5. The summed E-state index contributed by atoms with van der Waals surface area (Å²) in [6.07, 6.45) is 5.04. The molecule has 2 N–H and O–H groups in total. The van der Waals surface area contributed by atoms with Crippen molar-refractivity contribution in [2.45, 2.75) is 37.9 Å². The van der Waals surface area contributed by atoms with E-state index in [-0.39, 0.29) is 30.2 Å². The molecule has 4 atom stereocenters. The van der Waals surface area contributed by atoms with Gasteiger partial charge in [-0.05, 0) is 55.4 Å². The maximum Gasteiger partial charge on any atom is 0.237 e. The van der Waals surface area contributed by atoms with Crippen molar-refractivity contribution in [2.24, 2.45) is 11.8 Å². The zero-order chi connectivity index (χ0) is 23.0. The number of hydrogen-bond acceptors (Lipinski definition) is 6. The molecule has 0 radical (unpaired) electrons. The van der Waals surface area contributed by atoms with Crippen molar-refractivity contribution in [3.8, 4) is 0 Å². The number of carbonyl (C=O) groups excluding carboxylic acids is 1. The largest absolute Gasteiger partial charge is 0.340 e. The molecule has 3 fully saturated rings. The fourth-order valence-corrected chi connectivity index (χ4v) is 8.13. The van der Waals surface area contributed by atoms with Gasteiger partial charge in [-0.3, -0.25) is 10.2 Å². The monoisotopic (exact) mass is 475 g/mol. The first-order valence-corrected chi connectivity index (χ1v) is 13.6. The minimum atomic E-state index is -2.90. The van der Waals surface area contributed by atoms with E-state index in [0.717, 1.165) is 5.56 Å². The van der Waals surface area contributed by atoms with Gasteiger partial charge in [0, 0.05) is 55.1 Å². The molecule has 4 unspecified atom stereocenters. The molecular formula is C23H28F2N5O2P. The van der Waals surface area contributed by atoms with Gasteiger partial charge in [0.1, 0.15) is 19.1 Å². The maximum atomic E-state index is 14.8. The second-order valence-corrected chi connectivity index (χ2v) is 12.4. The molecule has 1 saturated carbocycles. The third-order valence-corrected chi connectivity index (χ3v) is 10.3. The first-order chi connectivity index (χ1) is 15.9. The number of nitrogens with zero attached hydrogens (tertiary/aromatic N) is 3. The van der Waals surface area contributed by atoms with Crippen molar-refractivity contribution in [1.82, 2.24) is 20.8 Å². The molecular weight excluding hydrogens is 447 g/mol. The lowest BCUT2D eigenvalue weighted by Crippen LogP contribution is -2.60. The Kier molecular flexibility index (Phi) is 6.18. The maximum absolute atomic E-state index is 14.8. The van der Waals surface area contributed by atoms with E-state index in [4.69, 9.17) is 0 Å². The molecule has 3 aliphatic rings. The number of benzene rings is 1. The van der Waals surface area contributed by atoms with E-state index in [9.17, 15) is 18.1 Å². The number of anilines is 1. The van der Waals surface area contributed by atoms with Gasteiger partial charge in [0.25, 0.3) is 0 Å². The third-order valence-electron chi connectivity index (χ3n) is 7.28. The summed E-state index contributed by atoms with van der Waals surface area (Å²) in [5.41, 5.74) is 6.63. The lowest BCUT2D eigenvalue weighted by molar-refractivity contribution is -0.134. The van der Waals surface area contributed by atoms with Crippen LogP contribution in [0.3, 0.4) is 0 Å². The van der Waals surface area contributed by atoms with Crippen molar-refractivity contribution in [1.29, 1.82) is 0 Å². The average molecular weight is 475 g/mol. The van der Waals surface area contributed by atoms with E-state index >= 15 is 0 Å². The Bertz CT molecular complexity index is 1060. The summed E-state index contributed by atoms with van der Waals surface area (Å²) in [4.78, 5) is 22.7. The minimum absolute atomic E-state index is 0.0318. The van der Waals surface area contributed by atoms with Crippen LogP contribution in [0.2, 0.25) is 0 Å². The van der Waals surface area contributed by atoms with Crippen LogP contribution in [0.4, 0.5) is 14.7 Å². The molecule has 1 aliphatic carbocycles. The number of fused-ring (bicyclic) bond motifs is 1. The van der Waals surface area contributed by atoms with Gasteiger partial charge in [-0.15, -0.1) is 0 Å². The number of hydrogen-bond donors (Lipinski definition) is 2. The molecule has 33 heavy (non-hydrogen) atoms. The van der Waals surface area contributed by atoms with Crippen LogP contribution in [0.1, 0.15) is 24.8 Å². The van der Waals surface area contributed by atoms with Crippen LogP contribution in [0.25, 0.3) is 0 Å². The average Bonchev–Trinajstić information content (AvgIpc) is 2.83. The van der Waals surface area contributed by atoms with Gasteiger partial charge in [-0.25, -0.2) is 24.2 Å². The van der Waals surface area contributed by atoms with Gasteiger partial charge in [-0.1, -0.05) is 6.07 Å². The van der Waals surface area contributed by atoms with E-state index in [2.05, 4.69) is 20.8 Å². The first-order valence-electron chi connectivity index (χ1n) is 11.5. The number of alkyl halides is 1. The second kappa shape index (κ2) is 9.11. The summed E-state index contributed by atoms with van der Waals surface area (Å²) in [7, 11) is -2.90. The van der Waals surface area contributed by atoms with Crippen molar-refractivity contribution >= 4 is 24.3 Å². The van der Waals surface area contributed by atoms with Crippen LogP contribution in [0.5, 0.6) is 0 Å². The highest BCUT2D eigenvalue weighted by Crippen LogP contribution is 2.47. The van der Waals surface area contributed by atoms with E-state index in [1.54, 1.807) is 30.6 Å². The van der Waals surface area contributed by atoms with Gasteiger partial charge >= 0.3 is 0 Å². The molecule has 176 valence electrons. The number of hydrazine groups is 1. The van der Waals surface area contributed by atoms with Crippen LogP contribution >= 0.6 is 7.14 Å². The summed E-state index contributed by atoms with van der Waals surface area (Å²) in [5, 5.41) is 0.303. The van der Waals surface area contributed by atoms with Crippen LogP contribution in [-0.4, -0.2) is 53.5 Å². The standard InChI is InChI=1S/C23H28F2N5O2P/c24-16-3-4-17-18(14-16)22(31)29-28-20(17)12-15-2-5-19(25)21(13-15)33(32)10-8-30(9-11-33)23-26-6-1-7-27-23/h1-2,5-7,13,16-18,20,28H,3-4,8-12,14H2,(H,29,31). The Morgan fingerprint density at radius 3 is 2.67 bits per heavy atom. The Morgan fingerprint density at radius 2 is 1.91 bits per heavy atom. The number of carbonyl (C=O) groups is 1. The zero-order valence-corrected chi connectivity index (χ0v) is 19.2. The van der Waals surface area contributed by atoms with Gasteiger partial charge < -0.3 is 9.46 Å². The third kappa shape index (κ3) is 4.53. The van der Waals surface area contributed by atoms with E-state index in [1.807, 2.05) is 4.90 Å². The number of amides is 1. The topological polar surface area (TPSA) is 87.2 Å². The van der Waals surface area contributed by atoms with E-state index < -0.39 is 19.1 Å². The highest BCUT2D eigenvalue weighted by molar-refractivity contribution is 7.71. The van der Waals surface area contributed by atoms with Crippen molar-refractivity contribution in [2.75, 3.05) is 30.3 Å². The molecule has 10 heteroatoms. The van der Waals surface area contributed by atoms with Crippen LogP contribution in [-0.2, 0) is 15.8 Å². The molecule has 5 rings (SSSR count). The number of rotatable bonds is 4.